The molecule has 2 aliphatic heterocycles. The Labute approximate surface area is 97.6 Å². The lowest BCUT2D eigenvalue weighted by atomic mass is 10.0. The molecule has 2 saturated heterocycles. The van der Waals surface area contributed by atoms with Crippen LogP contribution < -0.4 is 0 Å². The second kappa shape index (κ2) is 4.23. The lowest BCUT2D eigenvalue weighted by Gasteiger charge is -2.57. The smallest absolute Gasteiger partial charge is 0.129 e. The van der Waals surface area contributed by atoms with E-state index in [4.69, 9.17) is 0 Å². The number of rotatable bonds is 1. The highest BCUT2D eigenvalue weighted by Crippen LogP contribution is 2.26. The summed E-state index contributed by atoms with van der Waals surface area (Å²) >= 11 is 0. The minimum Gasteiger partial charge on any atom is -0.633 e. The van der Waals surface area contributed by atoms with Crippen LogP contribution in [-0.4, -0.2) is 73.6 Å². The molecule has 2 heterocycles. The average molecular weight is 229 g/mol. The quantitative estimate of drug-likeness (QED) is 0.481. The van der Waals surface area contributed by atoms with E-state index in [9.17, 15) is 10.4 Å². The van der Waals surface area contributed by atoms with Crippen LogP contribution in [0.2, 0.25) is 0 Å². The number of piperidine rings is 1. The van der Waals surface area contributed by atoms with Crippen molar-refractivity contribution in [1.82, 2.24) is 4.90 Å². The summed E-state index contributed by atoms with van der Waals surface area (Å²) in [7, 11) is 3.78. The Kier molecular flexibility index (Phi) is 3.25. The van der Waals surface area contributed by atoms with Crippen LogP contribution in [0.25, 0.3) is 0 Å². The van der Waals surface area contributed by atoms with Gasteiger partial charge in [0.15, 0.2) is 0 Å². The van der Waals surface area contributed by atoms with Gasteiger partial charge in [0, 0.05) is 25.9 Å². The minimum absolute atomic E-state index is 0.107. The van der Waals surface area contributed by atoms with E-state index in [1.165, 1.54) is 0 Å². The number of hydrogen-bond donors (Lipinski definition) is 0. The van der Waals surface area contributed by atoms with Crippen molar-refractivity contribution in [1.29, 1.82) is 0 Å². The highest BCUT2D eigenvalue weighted by atomic mass is 16.6. The van der Waals surface area contributed by atoms with Crippen molar-refractivity contribution in [3.63, 3.8) is 0 Å². The molecular weight excluding hydrogens is 206 g/mol. The zero-order valence-electron chi connectivity index (χ0n) is 10.4. The van der Waals surface area contributed by atoms with Crippen LogP contribution in [0.15, 0.2) is 0 Å². The number of hydrogen-bond acceptors (Lipinski definition) is 3. The standard InChI is InChI=1S/C11H23N3O2/c1-12-5-3-11(4-6-12)14(16)9-7-13(2,15)8-10-14/h11H,3-10H2,1-2H3. The third kappa shape index (κ3) is 2.55. The lowest BCUT2D eigenvalue weighted by molar-refractivity contribution is -0.993. The molecule has 94 valence electrons. The third-order valence-electron chi connectivity index (χ3n) is 4.26. The molecule has 0 spiro atoms. The van der Waals surface area contributed by atoms with E-state index in [-0.39, 0.29) is 15.3 Å². The first-order chi connectivity index (χ1) is 7.41. The highest BCUT2D eigenvalue weighted by molar-refractivity contribution is 4.73. The number of hydroxylamine groups is 6. The fourth-order valence-corrected chi connectivity index (χ4v) is 2.82. The Morgan fingerprint density at radius 3 is 2.00 bits per heavy atom. The Hall–Kier alpha value is -0.200. The molecule has 0 amide bonds. The van der Waals surface area contributed by atoms with Crippen LogP contribution in [0.1, 0.15) is 12.8 Å². The van der Waals surface area contributed by atoms with Gasteiger partial charge in [0.2, 0.25) is 0 Å². The summed E-state index contributed by atoms with van der Waals surface area (Å²) in [6.45, 7) is 4.03. The summed E-state index contributed by atoms with van der Waals surface area (Å²) in [6, 6.07) is 0.233. The summed E-state index contributed by atoms with van der Waals surface area (Å²) in [5, 5.41) is 24.4. The first-order valence-electron chi connectivity index (χ1n) is 6.23. The molecule has 5 heteroatoms. The number of likely N-dealkylation sites (N-methyl/N-ethyl adjacent to an activating group) is 1. The maximum absolute atomic E-state index is 12.6. The van der Waals surface area contributed by atoms with Crippen molar-refractivity contribution in [3.8, 4) is 0 Å². The molecule has 0 aromatic heterocycles. The van der Waals surface area contributed by atoms with Gasteiger partial charge in [-0.25, -0.2) is 0 Å². The lowest BCUT2D eigenvalue weighted by Crippen LogP contribution is -2.65. The van der Waals surface area contributed by atoms with E-state index in [0.717, 1.165) is 25.9 Å². The molecule has 0 radical (unpaired) electrons. The van der Waals surface area contributed by atoms with Crippen molar-refractivity contribution < 1.29 is 9.29 Å². The summed E-state index contributed by atoms with van der Waals surface area (Å²) in [5.41, 5.74) is 0. The van der Waals surface area contributed by atoms with Crippen LogP contribution >= 0.6 is 0 Å². The predicted octanol–water partition coefficient (Wildman–Crippen LogP) is 0.353. The summed E-state index contributed by atoms with van der Waals surface area (Å²) in [6.07, 6.45) is 1.98. The number of nitrogens with zero attached hydrogens (tertiary/aromatic N) is 3. The predicted molar refractivity (Wildman–Crippen MR) is 63.2 cm³/mol. The monoisotopic (exact) mass is 229 g/mol. The molecule has 0 saturated carbocycles. The molecule has 5 nitrogen and oxygen atoms in total. The average Bonchev–Trinajstić information content (AvgIpc) is 2.24. The van der Waals surface area contributed by atoms with Crippen molar-refractivity contribution in [3.05, 3.63) is 10.4 Å². The molecule has 16 heavy (non-hydrogen) atoms. The first kappa shape index (κ1) is 12.3. The van der Waals surface area contributed by atoms with Crippen molar-refractivity contribution >= 4 is 0 Å². The Morgan fingerprint density at radius 1 is 1.00 bits per heavy atom. The van der Waals surface area contributed by atoms with Gasteiger partial charge in [0.1, 0.15) is 26.2 Å². The van der Waals surface area contributed by atoms with Crippen molar-refractivity contribution in [2.75, 3.05) is 53.4 Å². The number of likely N-dealkylation sites (tertiary alicyclic amines) is 1. The minimum atomic E-state index is -0.227. The fraction of sp³-hybridized carbons (Fsp3) is 1.00. The first-order valence-corrected chi connectivity index (χ1v) is 6.23. The largest absolute Gasteiger partial charge is 0.633 e. The van der Waals surface area contributed by atoms with E-state index in [0.29, 0.717) is 26.2 Å². The SMILES string of the molecule is CN1CCC([N+]2([O-])CC[N+](C)([O-])CC2)CC1. The van der Waals surface area contributed by atoms with Gasteiger partial charge in [-0.1, -0.05) is 0 Å². The van der Waals surface area contributed by atoms with Gasteiger partial charge in [-0.15, -0.1) is 0 Å². The van der Waals surface area contributed by atoms with E-state index in [2.05, 4.69) is 11.9 Å². The second-order valence-electron chi connectivity index (χ2n) is 5.68. The molecule has 0 atom stereocenters. The zero-order chi connectivity index (χ0) is 11.8. The van der Waals surface area contributed by atoms with Crippen LogP contribution in [0.5, 0.6) is 0 Å². The maximum atomic E-state index is 12.6. The van der Waals surface area contributed by atoms with Gasteiger partial charge >= 0.3 is 0 Å². The van der Waals surface area contributed by atoms with E-state index >= 15 is 0 Å². The molecule has 0 unspecified atom stereocenters. The molecule has 2 fully saturated rings. The number of quaternary nitrogens is 2. The van der Waals surface area contributed by atoms with Crippen LogP contribution in [0, 0.1) is 10.4 Å². The maximum Gasteiger partial charge on any atom is 0.129 e. The molecule has 2 rings (SSSR count). The van der Waals surface area contributed by atoms with Gasteiger partial charge in [-0.3, -0.25) is 0 Å². The van der Waals surface area contributed by atoms with Crippen molar-refractivity contribution in [2.45, 2.75) is 18.9 Å². The zero-order valence-corrected chi connectivity index (χ0v) is 10.4. The van der Waals surface area contributed by atoms with Gasteiger partial charge in [0.25, 0.3) is 0 Å². The number of piperazine rings is 1. The van der Waals surface area contributed by atoms with Crippen LogP contribution in [0.3, 0.4) is 0 Å². The summed E-state index contributed by atoms with van der Waals surface area (Å²) in [5.74, 6) is 0. The Bertz CT molecular complexity index is 240. The Morgan fingerprint density at radius 2 is 1.50 bits per heavy atom. The van der Waals surface area contributed by atoms with Gasteiger partial charge in [-0.2, -0.15) is 0 Å². The molecule has 0 aromatic rings. The van der Waals surface area contributed by atoms with E-state index < -0.39 is 0 Å². The second-order valence-corrected chi connectivity index (χ2v) is 5.68. The summed E-state index contributed by atoms with van der Waals surface area (Å²) in [4.78, 5) is 2.28. The Balaban J connectivity index is 1.93. The molecule has 0 aromatic carbocycles. The van der Waals surface area contributed by atoms with Crippen LogP contribution in [0.4, 0.5) is 0 Å². The van der Waals surface area contributed by atoms with Gasteiger partial charge < -0.3 is 24.6 Å². The molecular formula is C11H23N3O2. The normalized spacial score (nSPS) is 43.5. The third-order valence-corrected chi connectivity index (χ3v) is 4.26. The molecule has 0 N–H and O–H groups in total. The fourth-order valence-electron chi connectivity index (χ4n) is 2.82. The van der Waals surface area contributed by atoms with E-state index in [1.807, 2.05) is 0 Å². The summed E-state index contributed by atoms with van der Waals surface area (Å²) < 4.78 is -0.335. The van der Waals surface area contributed by atoms with Crippen molar-refractivity contribution in [2.24, 2.45) is 0 Å². The highest BCUT2D eigenvalue weighted by Gasteiger charge is 2.37. The molecule has 0 bridgehead atoms. The van der Waals surface area contributed by atoms with Gasteiger partial charge in [-0.05, 0) is 7.05 Å². The van der Waals surface area contributed by atoms with Gasteiger partial charge in [0.05, 0.1) is 13.1 Å². The topological polar surface area (TPSA) is 49.4 Å². The molecule has 2 aliphatic rings. The van der Waals surface area contributed by atoms with E-state index in [1.54, 1.807) is 7.05 Å². The van der Waals surface area contributed by atoms with Crippen LogP contribution in [-0.2, 0) is 0 Å². The molecule has 0 aliphatic carbocycles.